The largest absolute Gasteiger partial charge is 0.302 e. The Morgan fingerprint density at radius 1 is 1.16 bits per heavy atom. The van der Waals surface area contributed by atoms with Crippen LogP contribution in [0, 0.1) is 6.92 Å². The van der Waals surface area contributed by atoms with Crippen molar-refractivity contribution in [3.63, 3.8) is 0 Å². The molecule has 0 saturated heterocycles. The molecule has 0 unspecified atom stereocenters. The Hall–Kier alpha value is -2.94. The van der Waals surface area contributed by atoms with Crippen molar-refractivity contribution in [3.8, 4) is 11.3 Å². The topological polar surface area (TPSA) is 72.2 Å². The van der Waals surface area contributed by atoms with Crippen LogP contribution in [0.5, 0.6) is 0 Å². The number of nitrogens with one attached hydrogen (secondary N) is 1. The van der Waals surface area contributed by atoms with Gasteiger partial charge in [-0.2, -0.15) is 0 Å². The average Bonchev–Trinajstić information content (AvgIpc) is 3.42. The Kier molecular flexibility index (Phi) is 5.82. The molecular weight excluding hydrogens is 462 g/mol. The van der Waals surface area contributed by atoms with Gasteiger partial charge in [0, 0.05) is 33.5 Å². The molecule has 0 spiro atoms. The molecule has 0 fully saturated rings. The molecule has 0 atom stereocenters. The van der Waals surface area contributed by atoms with Crippen molar-refractivity contribution >= 4 is 62.3 Å². The SMILES string of the molecule is Cc1cc2nnc(SCCC(=O)Nc3nc(-c4ccc(Cl)cc4)cs3)n2c2ccccc12. The van der Waals surface area contributed by atoms with E-state index in [0.29, 0.717) is 22.3 Å². The molecule has 2 aromatic carbocycles. The first-order valence-corrected chi connectivity index (χ1v) is 12.2. The fraction of sp³-hybridized carbons (Fsp3) is 0.130. The van der Waals surface area contributed by atoms with Crippen molar-refractivity contribution in [3.05, 3.63) is 70.6 Å². The minimum Gasteiger partial charge on any atom is -0.302 e. The Bertz CT molecular complexity index is 1430. The van der Waals surface area contributed by atoms with Gasteiger partial charge >= 0.3 is 0 Å². The van der Waals surface area contributed by atoms with Crippen LogP contribution in [0.15, 0.2) is 65.1 Å². The Balaban J connectivity index is 1.24. The number of thiazole rings is 1. The van der Waals surface area contributed by atoms with Crippen LogP contribution in [0.25, 0.3) is 27.8 Å². The second-order valence-corrected chi connectivity index (χ2v) is 9.57. The highest BCUT2D eigenvalue weighted by molar-refractivity contribution is 7.99. The fourth-order valence-electron chi connectivity index (χ4n) is 3.47. The Labute approximate surface area is 197 Å². The lowest BCUT2D eigenvalue weighted by Crippen LogP contribution is -2.12. The molecule has 6 nitrogen and oxygen atoms in total. The summed E-state index contributed by atoms with van der Waals surface area (Å²) in [5, 5.41) is 16.7. The van der Waals surface area contributed by atoms with Crippen molar-refractivity contribution in [2.75, 3.05) is 11.1 Å². The van der Waals surface area contributed by atoms with Gasteiger partial charge in [0.15, 0.2) is 15.9 Å². The standard InChI is InChI=1S/C23H18ClN5OS2/c1-14-12-20-27-28-23(29(20)19-5-3-2-4-17(14)19)31-11-10-21(30)26-22-25-18(13-32-22)15-6-8-16(24)9-7-15/h2-9,12-13H,10-11H2,1H3,(H,25,26,30). The predicted octanol–water partition coefficient (Wildman–Crippen LogP) is 6.09. The van der Waals surface area contributed by atoms with E-state index in [9.17, 15) is 4.79 Å². The van der Waals surface area contributed by atoms with E-state index in [2.05, 4.69) is 39.6 Å². The first kappa shape index (κ1) is 20.9. The third-order valence-corrected chi connectivity index (χ3v) is 6.96. The summed E-state index contributed by atoms with van der Waals surface area (Å²) >= 11 is 8.86. The van der Waals surface area contributed by atoms with Crippen LogP contribution in [0.3, 0.4) is 0 Å². The third-order valence-electron chi connectivity index (χ3n) is 5.02. The molecule has 3 heterocycles. The highest BCUT2D eigenvalue weighted by Gasteiger charge is 2.13. The first-order valence-electron chi connectivity index (χ1n) is 9.96. The van der Waals surface area contributed by atoms with Crippen LogP contribution in [0.4, 0.5) is 5.13 Å². The number of para-hydroxylation sites is 1. The fourth-order valence-corrected chi connectivity index (χ4v) is 5.22. The Morgan fingerprint density at radius 3 is 2.81 bits per heavy atom. The van der Waals surface area contributed by atoms with Gasteiger partial charge in [0.2, 0.25) is 5.91 Å². The maximum absolute atomic E-state index is 12.4. The molecule has 9 heteroatoms. The molecule has 32 heavy (non-hydrogen) atoms. The summed E-state index contributed by atoms with van der Waals surface area (Å²) in [5.41, 5.74) is 4.82. The summed E-state index contributed by atoms with van der Waals surface area (Å²) in [7, 11) is 0. The number of nitrogens with zero attached hydrogens (tertiary/aromatic N) is 4. The molecule has 0 saturated carbocycles. The van der Waals surface area contributed by atoms with Crippen LogP contribution in [-0.2, 0) is 4.79 Å². The quantitative estimate of drug-likeness (QED) is 0.298. The van der Waals surface area contributed by atoms with Gasteiger partial charge in [0.25, 0.3) is 0 Å². The van der Waals surface area contributed by atoms with E-state index in [4.69, 9.17) is 11.6 Å². The molecule has 5 aromatic rings. The third kappa shape index (κ3) is 4.21. The molecule has 0 radical (unpaired) electrons. The predicted molar refractivity (Wildman–Crippen MR) is 132 cm³/mol. The molecule has 0 aliphatic rings. The monoisotopic (exact) mass is 479 g/mol. The van der Waals surface area contributed by atoms with E-state index in [1.165, 1.54) is 28.5 Å². The Morgan fingerprint density at radius 2 is 1.97 bits per heavy atom. The summed E-state index contributed by atoms with van der Waals surface area (Å²) in [6.45, 7) is 2.07. The number of thioether (sulfide) groups is 1. The van der Waals surface area contributed by atoms with Gasteiger partial charge in [0.05, 0.1) is 11.2 Å². The number of aromatic nitrogens is 4. The normalized spacial score (nSPS) is 11.3. The van der Waals surface area contributed by atoms with E-state index < -0.39 is 0 Å². The van der Waals surface area contributed by atoms with Gasteiger partial charge in [-0.1, -0.05) is 53.7 Å². The number of aryl methyl sites for hydroxylation is 1. The second kappa shape index (κ2) is 8.90. The maximum atomic E-state index is 12.4. The number of fused-ring (bicyclic) bond motifs is 3. The second-order valence-electron chi connectivity index (χ2n) is 7.21. The van der Waals surface area contributed by atoms with Crippen molar-refractivity contribution in [1.29, 1.82) is 0 Å². The van der Waals surface area contributed by atoms with Gasteiger partial charge in [-0.3, -0.25) is 9.20 Å². The van der Waals surface area contributed by atoms with Crippen molar-refractivity contribution in [2.24, 2.45) is 0 Å². The number of anilines is 1. The van der Waals surface area contributed by atoms with Gasteiger partial charge in [-0.05, 0) is 36.8 Å². The van der Waals surface area contributed by atoms with E-state index in [-0.39, 0.29) is 5.91 Å². The van der Waals surface area contributed by atoms with Gasteiger partial charge in [-0.15, -0.1) is 21.5 Å². The van der Waals surface area contributed by atoms with Gasteiger partial charge in [-0.25, -0.2) is 4.98 Å². The zero-order valence-corrected chi connectivity index (χ0v) is 19.5. The molecule has 5 rings (SSSR count). The van der Waals surface area contributed by atoms with Crippen LogP contribution in [0.1, 0.15) is 12.0 Å². The zero-order chi connectivity index (χ0) is 22.1. The van der Waals surface area contributed by atoms with Crippen LogP contribution >= 0.6 is 34.7 Å². The van der Waals surface area contributed by atoms with Gasteiger partial charge in [0.1, 0.15) is 0 Å². The number of halogens is 1. The number of carbonyl (C=O) groups is 1. The van der Waals surface area contributed by atoms with Crippen molar-refractivity contribution in [1.82, 2.24) is 19.6 Å². The summed E-state index contributed by atoms with van der Waals surface area (Å²) in [4.78, 5) is 16.9. The number of benzene rings is 2. The molecule has 0 aliphatic carbocycles. The number of rotatable bonds is 6. The van der Waals surface area contributed by atoms with E-state index in [1.54, 1.807) is 0 Å². The molecule has 1 N–H and O–H groups in total. The lowest BCUT2D eigenvalue weighted by Gasteiger charge is -2.07. The molecule has 160 valence electrons. The van der Waals surface area contributed by atoms with Crippen molar-refractivity contribution < 1.29 is 4.79 Å². The smallest absolute Gasteiger partial charge is 0.226 e. The minimum absolute atomic E-state index is 0.0796. The van der Waals surface area contributed by atoms with E-state index in [1.807, 2.05) is 52.2 Å². The maximum Gasteiger partial charge on any atom is 0.226 e. The molecule has 1 amide bonds. The highest BCUT2D eigenvalue weighted by Crippen LogP contribution is 2.28. The number of hydrogen-bond acceptors (Lipinski definition) is 6. The van der Waals surface area contributed by atoms with Crippen LogP contribution < -0.4 is 5.32 Å². The summed E-state index contributed by atoms with van der Waals surface area (Å²) in [6, 6.07) is 17.7. The van der Waals surface area contributed by atoms with E-state index >= 15 is 0 Å². The lowest BCUT2D eigenvalue weighted by molar-refractivity contribution is -0.115. The van der Waals surface area contributed by atoms with Gasteiger partial charge < -0.3 is 5.32 Å². The summed E-state index contributed by atoms with van der Waals surface area (Å²) < 4.78 is 2.05. The van der Waals surface area contributed by atoms with Crippen LogP contribution in [-0.4, -0.2) is 31.2 Å². The highest BCUT2D eigenvalue weighted by atomic mass is 35.5. The van der Waals surface area contributed by atoms with Crippen molar-refractivity contribution in [2.45, 2.75) is 18.5 Å². The molecule has 3 aromatic heterocycles. The number of pyridine rings is 1. The molecule has 0 bridgehead atoms. The molecule has 0 aliphatic heterocycles. The summed E-state index contributed by atoms with van der Waals surface area (Å²) in [5.74, 6) is 0.508. The van der Waals surface area contributed by atoms with E-state index in [0.717, 1.165) is 33.1 Å². The van der Waals surface area contributed by atoms with Crippen LogP contribution in [0.2, 0.25) is 5.02 Å². The lowest BCUT2D eigenvalue weighted by atomic mass is 10.1. The average molecular weight is 480 g/mol. The molecular formula is C23H18ClN5OS2. The minimum atomic E-state index is -0.0796. The zero-order valence-electron chi connectivity index (χ0n) is 17.1. The number of carbonyl (C=O) groups excluding carboxylic acids is 1. The number of amides is 1. The number of hydrogen-bond donors (Lipinski definition) is 1. The summed E-state index contributed by atoms with van der Waals surface area (Å²) in [6.07, 6.45) is 0.346. The first-order chi connectivity index (χ1) is 15.6.